The van der Waals surface area contributed by atoms with Gasteiger partial charge < -0.3 is 15.7 Å². The maximum Gasteiger partial charge on any atom is 0.326 e. The predicted molar refractivity (Wildman–Crippen MR) is 68.2 cm³/mol. The highest BCUT2D eigenvalue weighted by atomic mass is 19.1. The number of carboxylic acid groups (broad SMARTS) is 1. The fourth-order valence-corrected chi connectivity index (χ4v) is 1.57. The van der Waals surface area contributed by atoms with E-state index in [1.54, 1.807) is 26.0 Å². The minimum absolute atomic E-state index is 0.299. The third-order valence-corrected chi connectivity index (χ3v) is 2.73. The largest absolute Gasteiger partial charge is 0.480 e. The van der Waals surface area contributed by atoms with E-state index < -0.39 is 18.0 Å². The first-order valence-electron chi connectivity index (χ1n) is 5.99. The lowest BCUT2D eigenvalue weighted by Crippen LogP contribution is -2.46. The van der Waals surface area contributed by atoms with E-state index in [1.165, 1.54) is 12.1 Å². The number of hydrogen-bond acceptors (Lipinski definition) is 2. The number of carbonyl (C=O) groups is 2. The molecule has 1 aromatic carbocycles. The highest BCUT2D eigenvalue weighted by Gasteiger charge is 2.18. The Kier molecular flexibility index (Phi) is 5.29. The molecule has 1 unspecified atom stereocenters. The Hall–Kier alpha value is -2.11. The quantitative estimate of drug-likeness (QED) is 0.764. The highest BCUT2D eigenvalue weighted by molar-refractivity contribution is 5.82. The van der Waals surface area contributed by atoms with Gasteiger partial charge in [-0.05, 0) is 31.0 Å². The Morgan fingerprint density at radius 1 is 1.26 bits per heavy atom. The minimum atomic E-state index is -1.08. The van der Waals surface area contributed by atoms with E-state index in [9.17, 15) is 14.0 Å². The molecule has 5 nitrogen and oxygen atoms in total. The first-order valence-corrected chi connectivity index (χ1v) is 5.99. The summed E-state index contributed by atoms with van der Waals surface area (Å²) < 4.78 is 12.8. The van der Waals surface area contributed by atoms with Crippen LogP contribution in [-0.2, 0) is 4.79 Å². The molecule has 2 atom stereocenters. The van der Waals surface area contributed by atoms with E-state index in [1.807, 2.05) is 0 Å². The van der Waals surface area contributed by atoms with E-state index in [4.69, 9.17) is 5.11 Å². The van der Waals surface area contributed by atoms with Crippen LogP contribution in [0.5, 0.6) is 0 Å². The Bertz CT molecular complexity index is 448. The van der Waals surface area contributed by atoms with Crippen molar-refractivity contribution in [1.82, 2.24) is 10.6 Å². The molecule has 3 N–H and O–H groups in total. The van der Waals surface area contributed by atoms with Gasteiger partial charge in [-0.2, -0.15) is 0 Å². The molecule has 104 valence electrons. The van der Waals surface area contributed by atoms with Crippen LogP contribution in [0.25, 0.3) is 0 Å². The van der Waals surface area contributed by atoms with Crippen molar-refractivity contribution in [3.05, 3.63) is 35.6 Å². The van der Waals surface area contributed by atoms with Gasteiger partial charge >= 0.3 is 12.0 Å². The van der Waals surface area contributed by atoms with Crippen molar-refractivity contribution >= 4 is 12.0 Å². The molecule has 0 aromatic heterocycles. The average Bonchev–Trinajstić information content (AvgIpc) is 2.36. The molecule has 0 radical (unpaired) electrons. The molecule has 0 saturated carbocycles. The summed E-state index contributed by atoms with van der Waals surface area (Å²) >= 11 is 0. The Balaban J connectivity index is 2.56. The number of amides is 2. The molecular weight excluding hydrogens is 251 g/mol. The summed E-state index contributed by atoms with van der Waals surface area (Å²) in [6, 6.07) is 3.91. The fraction of sp³-hybridized carbons (Fsp3) is 0.385. The van der Waals surface area contributed by atoms with Crippen LogP contribution in [0.15, 0.2) is 24.3 Å². The lowest BCUT2D eigenvalue weighted by Gasteiger charge is -2.17. The summed E-state index contributed by atoms with van der Waals surface area (Å²) in [6.45, 7) is 3.40. The maximum atomic E-state index is 12.8. The van der Waals surface area contributed by atoms with Crippen molar-refractivity contribution in [1.29, 1.82) is 0 Å². The number of nitrogens with one attached hydrogen (secondary N) is 2. The van der Waals surface area contributed by atoms with E-state index >= 15 is 0 Å². The Morgan fingerprint density at radius 3 is 2.32 bits per heavy atom. The van der Waals surface area contributed by atoms with Crippen LogP contribution in [0.2, 0.25) is 0 Å². The maximum absolute atomic E-state index is 12.8. The van der Waals surface area contributed by atoms with Crippen LogP contribution in [0.1, 0.15) is 31.9 Å². The van der Waals surface area contributed by atoms with Crippen LogP contribution < -0.4 is 10.6 Å². The summed E-state index contributed by atoms with van der Waals surface area (Å²) in [4.78, 5) is 22.4. The smallest absolute Gasteiger partial charge is 0.326 e. The van der Waals surface area contributed by atoms with Crippen molar-refractivity contribution in [2.45, 2.75) is 32.4 Å². The van der Waals surface area contributed by atoms with Crippen molar-refractivity contribution in [3.8, 4) is 0 Å². The summed E-state index contributed by atoms with van der Waals surface area (Å²) in [5.74, 6) is -1.43. The number of benzene rings is 1. The van der Waals surface area contributed by atoms with Gasteiger partial charge in [0.05, 0.1) is 6.04 Å². The third kappa shape index (κ3) is 4.57. The summed E-state index contributed by atoms with van der Waals surface area (Å²) in [7, 11) is 0. The molecule has 1 aromatic rings. The van der Waals surface area contributed by atoms with Crippen LogP contribution in [0.3, 0.4) is 0 Å². The van der Waals surface area contributed by atoms with E-state index in [-0.39, 0.29) is 11.9 Å². The molecule has 0 saturated heterocycles. The number of hydrogen-bond donors (Lipinski definition) is 3. The topological polar surface area (TPSA) is 78.4 Å². The number of rotatable bonds is 5. The van der Waals surface area contributed by atoms with Gasteiger partial charge in [-0.15, -0.1) is 0 Å². The number of aliphatic carboxylic acids is 1. The number of urea groups is 1. The Morgan fingerprint density at radius 2 is 1.84 bits per heavy atom. The first-order chi connectivity index (χ1) is 8.93. The molecule has 6 heteroatoms. The van der Waals surface area contributed by atoms with E-state index in [0.717, 1.165) is 5.56 Å². The minimum Gasteiger partial charge on any atom is -0.480 e. The van der Waals surface area contributed by atoms with E-state index in [2.05, 4.69) is 10.6 Å². The Labute approximate surface area is 110 Å². The van der Waals surface area contributed by atoms with Crippen LogP contribution in [0.4, 0.5) is 9.18 Å². The SMILES string of the molecule is CC[C@H](NC(=O)NC(C)c1ccc(F)cc1)C(=O)O. The molecule has 1 rings (SSSR count). The third-order valence-electron chi connectivity index (χ3n) is 2.73. The van der Waals surface area contributed by atoms with Crippen molar-refractivity contribution in [2.75, 3.05) is 0 Å². The van der Waals surface area contributed by atoms with Gasteiger partial charge in [-0.25, -0.2) is 14.0 Å². The standard InChI is InChI=1S/C13H17FN2O3/c1-3-11(12(17)18)16-13(19)15-8(2)9-4-6-10(14)7-5-9/h4-8,11H,3H2,1-2H3,(H,17,18)(H2,15,16,19)/t8?,11-/m0/s1. The first kappa shape index (κ1) is 14.9. The van der Waals surface area contributed by atoms with Crippen molar-refractivity contribution in [3.63, 3.8) is 0 Å². The van der Waals surface area contributed by atoms with Gasteiger partial charge in [0, 0.05) is 0 Å². The van der Waals surface area contributed by atoms with Gasteiger partial charge in [-0.3, -0.25) is 0 Å². The number of halogens is 1. The number of carboxylic acids is 1. The molecule has 0 heterocycles. The molecule has 0 fully saturated rings. The normalized spacial score (nSPS) is 13.4. The lowest BCUT2D eigenvalue weighted by atomic mass is 10.1. The second-order valence-corrected chi connectivity index (χ2v) is 4.19. The van der Waals surface area contributed by atoms with E-state index in [0.29, 0.717) is 6.42 Å². The fourth-order valence-electron chi connectivity index (χ4n) is 1.57. The van der Waals surface area contributed by atoms with Gasteiger partial charge in [0.1, 0.15) is 11.9 Å². The average molecular weight is 268 g/mol. The summed E-state index contributed by atoms with van der Waals surface area (Å²) in [6.07, 6.45) is 0.299. The molecule has 0 bridgehead atoms. The molecule has 2 amide bonds. The zero-order valence-electron chi connectivity index (χ0n) is 10.8. The van der Waals surface area contributed by atoms with Gasteiger partial charge in [0.25, 0.3) is 0 Å². The van der Waals surface area contributed by atoms with Gasteiger partial charge in [0.2, 0.25) is 0 Å². The predicted octanol–water partition coefficient (Wildman–Crippen LogP) is 2.05. The zero-order valence-corrected chi connectivity index (χ0v) is 10.8. The van der Waals surface area contributed by atoms with Crippen LogP contribution >= 0.6 is 0 Å². The van der Waals surface area contributed by atoms with Crippen molar-refractivity contribution < 1.29 is 19.1 Å². The second-order valence-electron chi connectivity index (χ2n) is 4.19. The van der Waals surface area contributed by atoms with Crippen molar-refractivity contribution in [2.24, 2.45) is 0 Å². The molecule has 0 spiro atoms. The highest BCUT2D eigenvalue weighted by Crippen LogP contribution is 2.12. The molecule has 0 aliphatic heterocycles. The van der Waals surface area contributed by atoms with Crippen LogP contribution in [0, 0.1) is 5.82 Å². The molecule has 0 aliphatic carbocycles. The second kappa shape index (κ2) is 6.72. The summed E-state index contributed by atoms with van der Waals surface area (Å²) in [5.41, 5.74) is 0.736. The van der Waals surface area contributed by atoms with Gasteiger partial charge in [0.15, 0.2) is 0 Å². The molecule has 0 aliphatic rings. The monoisotopic (exact) mass is 268 g/mol. The summed E-state index contributed by atoms with van der Waals surface area (Å²) in [5, 5.41) is 13.8. The molecule has 19 heavy (non-hydrogen) atoms. The van der Waals surface area contributed by atoms with Crippen LogP contribution in [-0.4, -0.2) is 23.1 Å². The number of carbonyl (C=O) groups excluding carboxylic acids is 1. The van der Waals surface area contributed by atoms with Gasteiger partial charge in [-0.1, -0.05) is 19.1 Å². The zero-order chi connectivity index (χ0) is 14.4. The molecular formula is C13H17FN2O3. The lowest BCUT2D eigenvalue weighted by molar-refractivity contribution is -0.139.